The molecule has 1 amide bonds. The van der Waals surface area contributed by atoms with Crippen LogP contribution in [0, 0.1) is 11.3 Å². The van der Waals surface area contributed by atoms with Crippen LogP contribution in [0.5, 0.6) is 0 Å². The van der Waals surface area contributed by atoms with Crippen LogP contribution in [0.4, 0.5) is 0 Å². The number of halogens is 1. The maximum Gasteiger partial charge on any atom is 0.232 e. The SMILES string of the molecule is CN(CCC#N)C(=O)CSc1nnc(-c2ccccc2Cl)n1Cc1ccccc1. The Kier molecular flexibility index (Phi) is 7.28. The van der Waals surface area contributed by atoms with Crippen molar-refractivity contribution in [1.82, 2.24) is 19.7 Å². The van der Waals surface area contributed by atoms with Crippen molar-refractivity contribution in [2.75, 3.05) is 19.3 Å². The molecule has 0 N–H and O–H groups in total. The molecule has 8 heteroatoms. The number of nitriles is 1. The molecule has 0 spiro atoms. The van der Waals surface area contributed by atoms with Gasteiger partial charge in [-0.2, -0.15) is 5.26 Å². The van der Waals surface area contributed by atoms with Gasteiger partial charge in [-0.15, -0.1) is 10.2 Å². The first-order valence-corrected chi connectivity index (χ1v) is 10.4. The topological polar surface area (TPSA) is 74.8 Å². The molecule has 0 atom stereocenters. The number of thioether (sulfide) groups is 1. The number of aromatic nitrogens is 3. The van der Waals surface area contributed by atoms with Gasteiger partial charge in [0.25, 0.3) is 0 Å². The van der Waals surface area contributed by atoms with Crippen LogP contribution in [-0.4, -0.2) is 44.9 Å². The number of hydrogen-bond acceptors (Lipinski definition) is 5. The molecule has 0 unspecified atom stereocenters. The molecule has 0 radical (unpaired) electrons. The van der Waals surface area contributed by atoms with Crippen LogP contribution >= 0.6 is 23.4 Å². The fourth-order valence-corrected chi connectivity index (χ4v) is 3.82. The van der Waals surface area contributed by atoms with Crippen LogP contribution in [0.2, 0.25) is 5.02 Å². The molecule has 3 aromatic rings. The van der Waals surface area contributed by atoms with E-state index in [0.717, 1.165) is 11.1 Å². The van der Waals surface area contributed by atoms with Gasteiger partial charge in [0.15, 0.2) is 11.0 Å². The predicted octanol–water partition coefficient (Wildman–Crippen LogP) is 4.11. The fourth-order valence-electron chi connectivity index (χ4n) is 2.72. The summed E-state index contributed by atoms with van der Waals surface area (Å²) in [5.74, 6) is 0.822. The number of carbonyl (C=O) groups excluding carboxylic acids is 1. The summed E-state index contributed by atoms with van der Waals surface area (Å²) in [7, 11) is 1.70. The Morgan fingerprint density at radius 1 is 1.17 bits per heavy atom. The molecule has 0 aliphatic heterocycles. The van der Waals surface area contributed by atoms with E-state index in [1.807, 2.05) is 59.2 Å². The van der Waals surface area contributed by atoms with Gasteiger partial charge in [-0.3, -0.25) is 9.36 Å². The van der Waals surface area contributed by atoms with E-state index in [1.54, 1.807) is 11.9 Å². The van der Waals surface area contributed by atoms with E-state index in [-0.39, 0.29) is 11.7 Å². The maximum absolute atomic E-state index is 12.3. The lowest BCUT2D eigenvalue weighted by Gasteiger charge is -2.15. The molecule has 1 aromatic heterocycles. The zero-order valence-electron chi connectivity index (χ0n) is 16.0. The summed E-state index contributed by atoms with van der Waals surface area (Å²) in [5.41, 5.74) is 1.89. The minimum absolute atomic E-state index is 0.0567. The predicted molar refractivity (Wildman–Crippen MR) is 115 cm³/mol. The van der Waals surface area contributed by atoms with Crippen molar-refractivity contribution in [3.8, 4) is 17.5 Å². The summed E-state index contributed by atoms with van der Waals surface area (Å²) in [6, 6.07) is 19.5. The van der Waals surface area contributed by atoms with E-state index in [9.17, 15) is 4.79 Å². The molecule has 0 bridgehead atoms. The molecule has 3 rings (SSSR count). The van der Waals surface area contributed by atoms with Gasteiger partial charge in [-0.05, 0) is 17.7 Å². The first-order chi connectivity index (χ1) is 14.1. The Balaban J connectivity index is 1.86. The van der Waals surface area contributed by atoms with Crippen molar-refractivity contribution < 1.29 is 4.79 Å². The molecule has 2 aromatic carbocycles. The van der Waals surface area contributed by atoms with E-state index in [1.165, 1.54) is 11.8 Å². The highest BCUT2D eigenvalue weighted by molar-refractivity contribution is 7.99. The van der Waals surface area contributed by atoms with Crippen molar-refractivity contribution in [3.05, 3.63) is 65.2 Å². The van der Waals surface area contributed by atoms with Crippen molar-refractivity contribution in [2.45, 2.75) is 18.1 Å². The third-order valence-corrected chi connectivity index (χ3v) is 5.61. The lowest BCUT2D eigenvalue weighted by Crippen LogP contribution is -2.29. The quantitative estimate of drug-likeness (QED) is 0.507. The molecular formula is C21H20ClN5OS. The Hall–Kier alpha value is -2.82. The lowest BCUT2D eigenvalue weighted by molar-refractivity contribution is -0.127. The van der Waals surface area contributed by atoms with Crippen LogP contribution < -0.4 is 0 Å². The highest BCUT2D eigenvalue weighted by Gasteiger charge is 2.18. The van der Waals surface area contributed by atoms with E-state index in [2.05, 4.69) is 16.3 Å². The minimum atomic E-state index is -0.0567. The van der Waals surface area contributed by atoms with Gasteiger partial charge in [-0.1, -0.05) is 65.8 Å². The summed E-state index contributed by atoms with van der Waals surface area (Å²) in [4.78, 5) is 13.9. The van der Waals surface area contributed by atoms with Crippen molar-refractivity contribution >= 4 is 29.3 Å². The average Bonchev–Trinajstić information content (AvgIpc) is 3.13. The molecule has 0 aliphatic rings. The van der Waals surface area contributed by atoms with E-state index >= 15 is 0 Å². The van der Waals surface area contributed by atoms with Gasteiger partial charge in [0.2, 0.25) is 5.91 Å². The zero-order chi connectivity index (χ0) is 20.6. The summed E-state index contributed by atoms with van der Waals surface area (Å²) in [6.45, 7) is 0.979. The van der Waals surface area contributed by atoms with Crippen LogP contribution in [0.15, 0.2) is 59.8 Å². The third-order valence-electron chi connectivity index (χ3n) is 4.32. The number of hydrogen-bond donors (Lipinski definition) is 0. The largest absolute Gasteiger partial charge is 0.344 e. The summed E-state index contributed by atoms with van der Waals surface area (Å²) in [6.07, 6.45) is 0.313. The highest BCUT2D eigenvalue weighted by Crippen LogP contribution is 2.30. The van der Waals surface area contributed by atoms with Crippen molar-refractivity contribution in [2.24, 2.45) is 0 Å². The second-order valence-electron chi connectivity index (χ2n) is 6.37. The number of rotatable bonds is 8. The van der Waals surface area contributed by atoms with Crippen molar-refractivity contribution in [3.63, 3.8) is 0 Å². The minimum Gasteiger partial charge on any atom is -0.344 e. The number of amides is 1. The molecule has 29 heavy (non-hydrogen) atoms. The van der Waals surface area contributed by atoms with Gasteiger partial charge in [-0.25, -0.2) is 0 Å². The molecular weight excluding hydrogens is 406 g/mol. The summed E-state index contributed by atoms with van der Waals surface area (Å²) >= 11 is 7.72. The summed E-state index contributed by atoms with van der Waals surface area (Å²) < 4.78 is 1.98. The fraction of sp³-hybridized carbons (Fsp3) is 0.238. The van der Waals surface area contributed by atoms with Gasteiger partial charge < -0.3 is 4.90 Å². The Labute approximate surface area is 179 Å². The lowest BCUT2D eigenvalue weighted by atomic mass is 10.2. The molecule has 0 saturated carbocycles. The van der Waals surface area contributed by atoms with Crippen LogP contribution in [0.3, 0.4) is 0 Å². The van der Waals surface area contributed by atoms with Gasteiger partial charge in [0.1, 0.15) is 0 Å². The Morgan fingerprint density at radius 3 is 2.62 bits per heavy atom. The monoisotopic (exact) mass is 425 g/mol. The van der Waals surface area contributed by atoms with Crippen LogP contribution in [0.1, 0.15) is 12.0 Å². The molecule has 0 fully saturated rings. The maximum atomic E-state index is 12.3. The van der Waals surface area contributed by atoms with Gasteiger partial charge >= 0.3 is 0 Å². The van der Waals surface area contributed by atoms with Gasteiger partial charge in [0, 0.05) is 19.2 Å². The van der Waals surface area contributed by atoms with E-state index < -0.39 is 0 Å². The van der Waals surface area contributed by atoms with Crippen molar-refractivity contribution in [1.29, 1.82) is 5.26 Å². The van der Waals surface area contributed by atoms with Gasteiger partial charge in [0.05, 0.1) is 29.8 Å². The molecule has 6 nitrogen and oxygen atoms in total. The number of benzene rings is 2. The van der Waals surface area contributed by atoms with Crippen LogP contribution in [0.25, 0.3) is 11.4 Å². The summed E-state index contributed by atoms with van der Waals surface area (Å²) in [5, 5.41) is 18.6. The second-order valence-corrected chi connectivity index (χ2v) is 7.72. The molecule has 148 valence electrons. The highest BCUT2D eigenvalue weighted by atomic mass is 35.5. The third kappa shape index (κ3) is 5.37. The smallest absolute Gasteiger partial charge is 0.232 e. The average molecular weight is 426 g/mol. The Morgan fingerprint density at radius 2 is 1.90 bits per heavy atom. The number of nitrogens with zero attached hydrogens (tertiary/aromatic N) is 5. The zero-order valence-corrected chi connectivity index (χ0v) is 17.5. The Bertz CT molecular complexity index is 1020. The van der Waals surface area contributed by atoms with E-state index in [0.29, 0.717) is 35.5 Å². The molecule has 0 saturated heterocycles. The standard InChI is InChI=1S/C21H20ClN5OS/c1-26(13-7-12-23)19(28)15-29-21-25-24-20(17-10-5-6-11-18(17)22)27(21)14-16-8-3-2-4-9-16/h2-6,8-11H,7,13-15H2,1H3. The van der Waals surface area contributed by atoms with Crippen LogP contribution in [-0.2, 0) is 11.3 Å². The first-order valence-electron chi connectivity index (χ1n) is 9.06. The molecule has 0 aliphatic carbocycles. The normalized spacial score (nSPS) is 10.5. The van der Waals surface area contributed by atoms with E-state index in [4.69, 9.17) is 16.9 Å². The molecule has 1 heterocycles. The first kappa shape index (κ1) is 20.9. The number of carbonyl (C=O) groups is 1. The second kappa shape index (κ2) is 10.1.